The number of carbonyl (C=O) groups is 1. The van der Waals surface area contributed by atoms with Crippen LogP contribution in [0.2, 0.25) is 0 Å². The van der Waals surface area contributed by atoms with Crippen LogP contribution < -0.4 is 11.1 Å². The molecule has 0 aliphatic carbocycles. The third-order valence-electron chi connectivity index (χ3n) is 3.55. The Labute approximate surface area is 110 Å². The fourth-order valence-electron chi connectivity index (χ4n) is 1.92. The molecule has 0 saturated carbocycles. The number of hydrogen-bond acceptors (Lipinski definition) is 2. The fourth-order valence-corrected chi connectivity index (χ4v) is 1.92. The summed E-state index contributed by atoms with van der Waals surface area (Å²) in [7, 11) is 0. The van der Waals surface area contributed by atoms with E-state index in [1.807, 2.05) is 39.0 Å². The number of carbonyl (C=O) groups excluding carboxylic acids is 1. The lowest BCUT2D eigenvalue weighted by atomic mass is 9.98. The van der Waals surface area contributed by atoms with Gasteiger partial charge in [-0.2, -0.15) is 0 Å². The van der Waals surface area contributed by atoms with Crippen LogP contribution in [-0.4, -0.2) is 11.9 Å². The van der Waals surface area contributed by atoms with E-state index in [-0.39, 0.29) is 11.8 Å². The summed E-state index contributed by atoms with van der Waals surface area (Å²) < 4.78 is 0. The predicted octanol–water partition coefficient (Wildman–Crippen LogP) is 2.87. The van der Waals surface area contributed by atoms with Crippen molar-refractivity contribution in [3.05, 3.63) is 29.3 Å². The van der Waals surface area contributed by atoms with Crippen LogP contribution in [0.1, 0.15) is 38.3 Å². The standard InChI is InChI=1S/C15H24N2O/c1-5-10(3)13(16)15(18)17-14-11(4)8-7-9-12(14)6-2/h7-10,13H,5-6,16H2,1-4H3,(H,17,18)/t10-,13-/m0/s1. The minimum absolute atomic E-state index is 0.0895. The Balaban J connectivity index is 2.88. The quantitative estimate of drug-likeness (QED) is 0.842. The summed E-state index contributed by atoms with van der Waals surface area (Å²) in [6, 6.07) is 5.61. The second kappa shape index (κ2) is 6.55. The molecule has 18 heavy (non-hydrogen) atoms. The lowest BCUT2D eigenvalue weighted by molar-refractivity contribution is -0.118. The number of hydrogen-bond donors (Lipinski definition) is 2. The monoisotopic (exact) mass is 248 g/mol. The number of nitrogens with two attached hydrogens (primary N) is 1. The highest BCUT2D eigenvalue weighted by atomic mass is 16.2. The molecule has 0 saturated heterocycles. The molecule has 100 valence electrons. The zero-order chi connectivity index (χ0) is 13.7. The van der Waals surface area contributed by atoms with Crippen LogP contribution >= 0.6 is 0 Å². The van der Waals surface area contributed by atoms with Gasteiger partial charge >= 0.3 is 0 Å². The summed E-state index contributed by atoms with van der Waals surface area (Å²) in [5, 5.41) is 2.98. The van der Waals surface area contributed by atoms with Gasteiger partial charge in [0.25, 0.3) is 0 Å². The molecule has 0 aliphatic heterocycles. The Kier molecular flexibility index (Phi) is 5.35. The number of anilines is 1. The van der Waals surface area contributed by atoms with E-state index in [2.05, 4.69) is 12.2 Å². The van der Waals surface area contributed by atoms with Crippen LogP contribution in [0.15, 0.2) is 18.2 Å². The number of rotatable bonds is 5. The van der Waals surface area contributed by atoms with Crippen molar-refractivity contribution in [2.75, 3.05) is 5.32 Å². The van der Waals surface area contributed by atoms with Gasteiger partial charge in [0.1, 0.15) is 0 Å². The minimum Gasteiger partial charge on any atom is -0.324 e. The number of nitrogens with one attached hydrogen (secondary N) is 1. The number of para-hydroxylation sites is 1. The molecule has 1 amide bonds. The van der Waals surface area contributed by atoms with E-state index < -0.39 is 6.04 Å². The fraction of sp³-hybridized carbons (Fsp3) is 0.533. The first-order valence-corrected chi connectivity index (χ1v) is 6.66. The maximum Gasteiger partial charge on any atom is 0.241 e. The number of benzene rings is 1. The maximum atomic E-state index is 12.1. The molecule has 0 aliphatic rings. The third kappa shape index (κ3) is 3.33. The van der Waals surface area contributed by atoms with E-state index in [9.17, 15) is 4.79 Å². The molecule has 1 rings (SSSR count). The molecule has 0 radical (unpaired) electrons. The zero-order valence-electron chi connectivity index (χ0n) is 11.8. The van der Waals surface area contributed by atoms with E-state index in [4.69, 9.17) is 5.73 Å². The first-order chi connectivity index (χ1) is 8.51. The second-order valence-corrected chi connectivity index (χ2v) is 4.86. The van der Waals surface area contributed by atoms with Gasteiger partial charge in [-0.1, -0.05) is 45.4 Å². The highest BCUT2D eigenvalue weighted by molar-refractivity contribution is 5.96. The van der Waals surface area contributed by atoms with Gasteiger partial charge in [0.15, 0.2) is 0 Å². The number of amides is 1. The van der Waals surface area contributed by atoms with Crippen molar-refractivity contribution in [1.82, 2.24) is 0 Å². The van der Waals surface area contributed by atoms with Gasteiger partial charge in [-0.3, -0.25) is 4.79 Å². The third-order valence-corrected chi connectivity index (χ3v) is 3.55. The molecule has 3 nitrogen and oxygen atoms in total. The van der Waals surface area contributed by atoms with Gasteiger partial charge in [0.05, 0.1) is 6.04 Å². The minimum atomic E-state index is -0.445. The highest BCUT2D eigenvalue weighted by Gasteiger charge is 2.20. The van der Waals surface area contributed by atoms with Gasteiger partial charge in [0, 0.05) is 5.69 Å². The summed E-state index contributed by atoms with van der Waals surface area (Å²) in [5.41, 5.74) is 9.10. The SMILES string of the molecule is CCc1cccc(C)c1NC(=O)[C@@H](N)[C@@H](C)CC. The lowest BCUT2D eigenvalue weighted by Gasteiger charge is -2.20. The Morgan fingerprint density at radius 3 is 2.61 bits per heavy atom. The molecule has 0 heterocycles. The smallest absolute Gasteiger partial charge is 0.241 e. The topological polar surface area (TPSA) is 55.1 Å². The summed E-state index contributed by atoms with van der Waals surface area (Å²) >= 11 is 0. The first-order valence-electron chi connectivity index (χ1n) is 6.66. The van der Waals surface area contributed by atoms with Crippen LogP contribution in [-0.2, 0) is 11.2 Å². The average Bonchev–Trinajstić information content (AvgIpc) is 2.38. The van der Waals surface area contributed by atoms with E-state index >= 15 is 0 Å². The van der Waals surface area contributed by atoms with Gasteiger partial charge in [0.2, 0.25) is 5.91 Å². The molecule has 2 atom stereocenters. The Bertz CT molecular complexity index is 415. The maximum absolute atomic E-state index is 12.1. The van der Waals surface area contributed by atoms with Gasteiger partial charge < -0.3 is 11.1 Å². The van der Waals surface area contributed by atoms with Crippen molar-refractivity contribution in [2.45, 2.75) is 46.6 Å². The van der Waals surface area contributed by atoms with E-state index in [1.165, 1.54) is 0 Å². The molecule has 3 heteroatoms. The molecule has 0 fully saturated rings. The molecule has 1 aromatic rings. The Morgan fingerprint density at radius 1 is 1.39 bits per heavy atom. The molecular weight excluding hydrogens is 224 g/mol. The van der Waals surface area contributed by atoms with Crippen LogP contribution in [0, 0.1) is 12.8 Å². The first kappa shape index (κ1) is 14.7. The average molecular weight is 248 g/mol. The van der Waals surface area contributed by atoms with Crippen LogP contribution in [0.4, 0.5) is 5.69 Å². The molecule has 0 unspecified atom stereocenters. The van der Waals surface area contributed by atoms with Crippen molar-refractivity contribution in [3.63, 3.8) is 0 Å². The predicted molar refractivity (Wildman–Crippen MR) is 76.6 cm³/mol. The summed E-state index contributed by atoms with van der Waals surface area (Å²) in [6.45, 7) is 8.13. The van der Waals surface area contributed by atoms with Crippen LogP contribution in [0.3, 0.4) is 0 Å². The summed E-state index contributed by atoms with van der Waals surface area (Å²) in [6.07, 6.45) is 1.80. The van der Waals surface area contributed by atoms with Gasteiger partial charge in [-0.25, -0.2) is 0 Å². The molecule has 0 bridgehead atoms. The summed E-state index contributed by atoms with van der Waals surface area (Å²) in [4.78, 5) is 12.1. The van der Waals surface area contributed by atoms with Crippen molar-refractivity contribution in [1.29, 1.82) is 0 Å². The number of aryl methyl sites for hydroxylation is 2. The summed E-state index contributed by atoms with van der Waals surface area (Å²) in [5.74, 6) is 0.104. The van der Waals surface area contributed by atoms with Crippen molar-refractivity contribution < 1.29 is 4.79 Å². The Morgan fingerprint density at radius 2 is 2.06 bits per heavy atom. The van der Waals surface area contributed by atoms with Crippen molar-refractivity contribution in [2.24, 2.45) is 11.7 Å². The van der Waals surface area contributed by atoms with Gasteiger partial charge in [-0.15, -0.1) is 0 Å². The largest absolute Gasteiger partial charge is 0.324 e. The van der Waals surface area contributed by atoms with Gasteiger partial charge in [-0.05, 0) is 30.4 Å². The van der Waals surface area contributed by atoms with E-state index in [0.717, 1.165) is 29.7 Å². The normalized spacial score (nSPS) is 14.1. The Hall–Kier alpha value is -1.35. The highest BCUT2D eigenvalue weighted by Crippen LogP contribution is 2.21. The molecule has 3 N–H and O–H groups in total. The van der Waals surface area contributed by atoms with Crippen LogP contribution in [0.5, 0.6) is 0 Å². The van der Waals surface area contributed by atoms with Crippen molar-refractivity contribution >= 4 is 11.6 Å². The lowest BCUT2D eigenvalue weighted by Crippen LogP contribution is -2.40. The molecule has 1 aromatic carbocycles. The van der Waals surface area contributed by atoms with E-state index in [0.29, 0.717) is 0 Å². The molecule has 0 spiro atoms. The van der Waals surface area contributed by atoms with E-state index in [1.54, 1.807) is 0 Å². The molecular formula is C15H24N2O. The second-order valence-electron chi connectivity index (χ2n) is 4.86. The van der Waals surface area contributed by atoms with Crippen LogP contribution in [0.25, 0.3) is 0 Å². The molecule has 0 aromatic heterocycles. The van der Waals surface area contributed by atoms with Crippen molar-refractivity contribution in [3.8, 4) is 0 Å². The zero-order valence-corrected chi connectivity index (χ0v) is 11.8.